The zero-order chi connectivity index (χ0) is 14.1. The zero-order valence-corrected chi connectivity index (χ0v) is 12.0. The Hall–Kier alpha value is -0.950. The third-order valence-corrected chi connectivity index (χ3v) is 5.00. The molecule has 5 nitrogen and oxygen atoms in total. The Morgan fingerprint density at radius 2 is 2.11 bits per heavy atom. The Morgan fingerprint density at radius 1 is 1.37 bits per heavy atom. The fourth-order valence-corrected chi connectivity index (χ4v) is 3.28. The number of β-amino-alcohol motifs (C(OH)–C–C–N with tert-alkyl or cyclic N) is 1. The van der Waals surface area contributed by atoms with Gasteiger partial charge in [0.1, 0.15) is 0 Å². The number of aliphatic hydroxyl groups is 1. The SMILES string of the molecule is Cc1ccc(S(=O)(=O)NCC2(O)CCNC2)cc1C. The molecule has 0 bridgehead atoms. The molecule has 0 aliphatic carbocycles. The van der Waals surface area contributed by atoms with Crippen LogP contribution in [0.3, 0.4) is 0 Å². The summed E-state index contributed by atoms with van der Waals surface area (Å²) in [6.45, 7) is 4.98. The van der Waals surface area contributed by atoms with Crippen molar-refractivity contribution in [3.05, 3.63) is 29.3 Å². The highest BCUT2D eigenvalue weighted by molar-refractivity contribution is 7.89. The van der Waals surface area contributed by atoms with Crippen LogP contribution in [0, 0.1) is 13.8 Å². The van der Waals surface area contributed by atoms with Crippen molar-refractivity contribution in [3.8, 4) is 0 Å². The van der Waals surface area contributed by atoms with Gasteiger partial charge in [0, 0.05) is 13.1 Å². The van der Waals surface area contributed by atoms with E-state index < -0.39 is 15.6 Å². The van der Waals surface area contributed by atoms with Crippen LogP contribution in [0.15, 0.2) is 23.1 Å². The third-order valence-electron chi connectivity index (χ3n) is 3.60. The molecule has 1 aliphatic rings. The monoisotopic (exact) mass is 284 g/mol. The fourth-order valence-electron chi connectivity index (χ4n) is 2.08. The fraction of sp³-hybridized carbons (Fsp3) is 0.538. The van der Waals surface area contributed by atoms with Gasteiger partial charge in [0.2, 0.25) is 10.0 Å². The van der Waals surface area contributed by atoms with Crippen molar-refractivity contribution < 1.29 is 13.5 Å². The first-order chi connectivity index (χ1) is 8.82. The van der Waals surface area contributed by atoms with Crippen LogP contribution in [0.2, 0.25) is 0 Å². The minimum atomic E-state index is -3.56. The van der Waals surface area contributed by atoms with E-state index in [0.29, 0.717) is 19.5 Å². The van der Waals surface area contributed by atoms with Crippen LogP contribution < -0.4 is 10.0 Å². The number of hydrogen-bond acceptors (Lipinski definition) is 4. The molecule has 0 amide bonds. The standard InChI is InChI=1S/C13H20N2O3S/c1-10-3-4-12(7-11(10)2)19(17,18)15-9-13(16)5-6-14-8-13/h3-4,7,14-16H,5-6,8-9H2,1-2H3. The number of rotatable bonds is 4. The van der Waals surface area contributed by atoms with Crippen molar-refractivity contribution in [2.45, 2.75) is 30.8 Å². The van der Waals surface area contributed by atoms with Gasteiger partial charge in [-0.3, -0.25) is 0 Å². The second kappa shape index (κ2) is 5.20. The number of sulfonamides is 1. The molecule has 1 aliphatic heterocycles. The molecule has 1 saturated heterocycles. The maximum atomic E-state index is 12.2. The van der Waals surface area contributed by atoms with Crippen molar-refractivity contribution in [1.29, 1.82) is 0 Å². The first-order valence-electron chi connectivity index (χ1n) is 6.32. The predicted octanol–water partition coefficient (Wildman–Crippen LogP) is 0.306. The summed E-state index contributed by atoms with van der Waals surface area (Å²) in [6.07, 6.45) is 0.558. The molecule has 0 aromatic heterocycles. The Labute approximate surface area is 114 Å². The van der Waals surface area contributed by atoms with Gasteiger partial charge in [0.05, 0.1) is 10.5 Å². The number of aryl methyl sites for hydroxylation is 2. The molecule has 2 rings (SSSR count). The van der Waals surface area contributed by atoms with Crippen LogP contribution in [-0.4, -0.2) is 38.8 Å². The second-order valence-corrected chi connectivity index (χ2v) is 6.99. The van der Waals surface area contributed by atoms with Crippen LogP contribution in [0.4, 0.5) is 0 Å². The van der Waals surface area contributed by atoms with Crippen molar-refractivity contribution in [3.63, 3.8) is 0 Å². The van der Waals surface area contributed by atoms with E-state index in [-0.39, 0.29) is 11.4 Å². The molecule has 1 aromatic carbocycles. The largest absolute Gasteiger partial charge is 0.387 e. The maximum Gasteiger partial charge on any atom is 0.240 e. The normalized spacial score (nSPS) is 23.7. The number of benzene rings is 1. The number of hydrogen-bond donors (Lipinski definition) is 3. The summed E-state index contributed by atoms with van der Waals surface area (Å²) >= 11 is 0. The lowest BCUT2D eigenvalue weighted by atomic mass is 10.1. The average Bonchev–Trinajstić information content (AvgIpc) is 2.78. The van der Waals surface area contributed by atoms with Crippen molar-refractivity contribution >= 4 is 10.0 Å². The number of nitrogens with one attached hydrogen (secondary N) is 2. The molecular weight excluding hydrogens is 264 g/mol. The van der Waals surface area contributed by atoms with E-state index in [1.165, 1.54) is 0 Å². The molecule has 1 aromatic rings. The molecule has 0 saturated carbocycles. The third kappa shape index (κ3) is 3.33. The van der Waals surface area contributed by atoms with Gasteiger partial charge in [0.25, 0.3) is 0 Å². The topological polar surface area (TPSA) is 78.4 Å². The first-order valence-corrected chi connectivity index (χ1v) is 7.81. The predicted molar refractivity (Wildman–Crippen MR) is 73.5 cm³/mol. The Balaban J connectivity index is 2.11. The highest BCUT2D eigenvalue weighted by Crippen LogP contribution is 2.17. The van der Waals surface area contributed by atoms with E-state index in [9.17, 15) is 13.5 Å². The van der Waals surface area contributed by atoms with E-state index in [2.05, 4.69) is 10.0 Å². The van der Waals surface area contributed by atoms with Gasteiger partial charge in [-0.25, -0.2) is 13.1 Å². The molecule has 0 spiro atoms. The van der Waals surface area contributed by atoms with Gasteiger partial charge < -0.3 is 10.4 Å². The van der Waals surface area contributed by atoms with E-state index in [1.54, 1.807) is 18.2 Å². The molecular formula is C13H20N2O3S. The molecule has 106 valence electrons. The summed E-state index contributed by atoms with van der Waals surface area (Å²) in [7, 11) is -3.56. The lowest BCUT2D eigenvalue weighted by molar-refractivity contribution is 0.0667. The van der Waals surface area contributed by atoms with Crippen LogP contribution >= 0.6 is 0 Å². The summed E-state index contributed by atoms with van der Waals surface area (Å²) in [5.74, 6) is 0. The minimum Gasteiger partial charge on any atom is -0.387 e. The molecule has 1 fully saturated rings. The van der Waals surface area contributed by atoms with Crippen molar-refractivity contribution in [2.75, 3.05) is 19.6 Å². The Bertz CT molecular complexity index is 563. The van der Waals surface area contributed by atoms with Gasteiger partial charge in [-0.15, -0.1) is 0 Å². The minimum absolute atomic E-state index is 0.0370. The Morgan fingerprint density at radius 3 is 2.68 bits per heavy atom. The lowest BCUT2D eigenvalue weighted by Gasteiger charge is -2.21. The smallest absolute Gasteiger partial charge is 0.240 e. The van der Waals surface area contributed by atoms with Crippen LogP contribution in [0.5, 0.6) is 0 Å². The Kier molecular flexibility index (Phi) is 3.96. The summed E-state index contributed by atoms with van der Waals surface area (Å²) in [5.41, 5.74) is 1.01. The van der Waals surface area contributed by atoms with E-state index in [4.69, 9.17) is 0 Å². The first kappa shape index (κ1) is 14.5. The quantitative estimate of drug-likeness (QED) is 0.743. The van der Waals surface area contributed by atoms with Crippen molar-refractivity contribution in [1.82, 2.24) is 10.0 Å². The van der Waals surface area contributed by atoms with Crippen LogP contribution in [0.25, 0.3) is 0 Å². The van der Waals surface area contributed by atoms with Gasteiger partial charge in [-0.05, 0) is 50.1 Å². The summed E-state index contributed by atoms with van der Waals surface area (Å²) < 4.78 is 26.8. The molecule has 0 radical (unpaired) electrons. The van der Waals surface area contributed by atoms with Gasteiger partial charge in [-0.1, -0.05) is 6.07 Å². The van der Waals surface area contributed by atoms with Gasteiger partial charge >= 0.3 is 0 Å². The molecule has 1 atom stereocenters. The van der Waals surface area contributed by atoms with Crippen LogP contribution in [-0.2, 0) is 10.0 Å². The maximum absolute atomic E-state index is 12.2. The average molecular weight is 284 g/mol. The molecule has 1 heterocycles. The molecule has 1 unspecified atom stereocenters. The zero-order valence-electron chi connectivity index (χ0n) is 11.2. The second-order valence-electron chi connectivity index (χ2n) is 5.22. The summed E-state index contributed by atoms with van der Waals surface area (Å²) in [5, 5.41) is 13.1. The van der Waals surface area contributed by atoms with Gasteiger partial charge in [0.15, 0.2) is 0 Å². The van der Waals surface area contributed by atoms with Gasteiger partial charge in [-0.2, -0.15) is 0 Å². The lowest BCUT2D eigenvalue weighted by Crippen LogP contribution is -2.44. The molecule has 19 heavy (non-hydrogen) atoms. The van der Waals surface area contributed by atoms with E-state index >= 15 is 0 Å². The van der Waals surface area contributed by atoms with E-state index in [1.807, 2.05) is 13.8 Å². The molecule has 6 heteroatoms. The van der Waals surface area contributed by atoms with Crippen molar-refractivity contribution in [2.24, 2.45) is 0 Å². The summed E-state index contributed by atoms with van der Waals surface area (Å²) in [6, 6.07) is 5.02. The van der Waals surface area contributed by atoms with Crippen LogP contribution in [0.1, 0.15) is 17.5 Å². The highest BCUT2D eigenvalue weighted by Gasteiger charge is 2.32. The van der Waals surface area contributed by atoms with E-state index in [0.717, 1.165) is 11.1 Å². The molecule has 3 N–H and O–H groups in total. The summed E-state index contributed by atoms with van der Waals surface area (Å²) in [4.78, 5) is 0.241. The highest BCUT2D eigenvalue weighted by atomic mass is 32.2.